The molecule has 0 saturated heterocycles. The van der Waals surface area contributed by atoms with E-state index in [0.717, 1.165) is 18.6 Å². The van der Waals surface area contributed by atoms with Crippen LogP contribution in [0, 0.1) is 11.6 Å². The maximum atomic E-state index is 13.7. The summed E-state index contributed by atoms with van der Waals surface area (Å²) in [4.78, 5) is 13.2. The second-order valence-corrected chi connectivity index (χ2v) is 4.34. The third kappa shape index (κ3) is 3.89. The Kier molecular flexibility index (Phi) is 5.69. The standard InChI is InChI=1S/C13H18F2N2O2/c1-17(7-3-2-4-8-18)13(19)11-9(14)5-6-10(16)12(11)15/h5-6,18H,2-4,7-8,16H2,1H3. The molecule has 0 aliphatic rings. The summed E-state index contributed by atoms with van der Waals surface area (Å²) in [5, 5.41) is 8.63. The van der Waals surface area contributed by atoms with Crippen molar-refractivity contribution in [3.63, 3.8) is 0 Å². The number of hydrogen-bond donors (Lipinski definition) is 2. The summed E-state index contributed by atoms with van der Waals surface area (Å²) >= 11 is 0. The molecule has 0 heterocycles. The van der Waals surface area contributed by atoms with E-state index >= 15 is 0 Å². The van der Waals surface area contributed by atoms with Gasteiger partial charge in [-0.3, -0.25) is 4.79 Å². The number of carbonyl (C=O) groups excluding carboxylic acids is 1. The number of rotatable bonds is 6. The van der Waals surface area contributed by atoms with Gasteiger partial charge in [0.15, 0.2) is 5.82 Å². The van der Waals surface area contributed by atoms with Crippen LogP contribution in [0.4, 0.5) is 14.5 Å². The number of benzene rings is 1. The predicted molar refractivity (Wildman–Crippen MR) is 68.7 cm³/mol. The van der Waals surface area contributed by atoms with E-state index in [1.807, 2.05) is 0 Å². The molecular formula is C13H18F2N2O2. The van der Waals surface area contributed by atoms with Gasteiger partial charge in [0.1, 0.15) is 11.4 Å². The molecule has 0 spiro atoms. The van der Waals surface area contributed by atoms with Crippen LogP contribution in [0.25, 0.3) is 0 Å². The van der Waals surface area contributed by atoms with Crippen molar-refractivity contribution in [2.45, 2.75) is 19.3 Å². The number of hydrogen-bond acceptors (Lipinski definition) is 3. The highest BCUT2D eigenvalue weighted by Gasteiger charge is 2.22. The van der Waals surface area contributed by atoms with Gasteiger partial charge in [-0.25, -0.2) is 8.78 Å². The molecule has 1 rings (SSSR count). The number of unbranched alkanes of at least 4 members (excludes halogenated alkanes) is 2. The Morgan fingerprint density at radius 1 is 1.32 bits per heavy atom. The molecule has 1 amide bonds. The maximum Gasteiger partial charge on any atom is 0.259 e. The number of carbonyl (C=O) groups is 1. The molecule has 0 aromatic heterocycles. The summed E-state index contributed by atoms with van der Waals surface area (Å²) in [7, 11) is 1.48. The molecule has 1 aromatic rings. The Morgan fingerprint density at radius 2 is 2.00 bits per heavy atom. The number of aliphatic hydroxyl groups excluding tert-OH is 1. The molecular weight excluding hydrogens is 254 g/mol. The van der Waals surface area contributed by atoms with Gasteiger partial charge in [-0.05, 0) is 31.4 Å². The smallest absolute Gasteiger partial charge is 0.259 e. The largest absolute Gasteiger partial charge is 0.396 e. The molecule has 0 atom stereocenters. The van der Waals surface area contributed by atoms with Gasteiger partial charge in [-0.15, -0.1) is 0 Å². The van der Waals surface area contributed by atoms with Gasteiger partial charge in [-0.2, -0.15) is 0 Å². The minimum Gasteiger partial charge on any atom is -0.396 e. The molecule has 3 N–H and O–H groups in total. The van der Waals surface area contributed by atoms with Gasteiger partial charge < -0.3 is 15.7 Å². The summed E-state index contributed by atoms with van der Waals surface area (Å²) < 4.78 is 27.2. The van der Waals surface area contributed by atoms with Crippen LogP contribution >= 0.6 is 0 Å². The minimum atomic E-state index is -1.02. The molecule has 4 nitrogen and oxygen atoms in total. The molecule has 0 radical (unpaired) electrons. The topological polar surface area (TPSA) is 66.6 Å². The fourth-order valence-electron chi connectivity index (χ4n) is 1.69. The molecule has 19 heavy (non-hydrogen) atoms. The first-order valence-corrected chi connectivity index (χ1v) is 6.08. The summed E-state index contributed by atoms with van der Waals surface area (Å²) in [6.07, 6.45) is 2.05. The first kappa shape index (κ1) is 15.4. The number of nitrogen functional groups attached to an aromatic ring is 1. The zero-order chi connectivity index (χ0) is 14.4. The Morgan fingerprint density at radius 3 is 2.63 bits per heavy atom. The van der Waals surface area contributed by atoms with E-state index in [1.165, 1.54) is 11.9 Å². The van der Waals surface area contributed by atoms with Gasteiger partial charge in [-0.1, -0.05) is 0 Å². The average Bonchev–Trinajstić information content (AvgIpc) is 2.39. The van der Waals surface area contributed by atoms with Crippen molar-refractivity contribution in [3.05, 3.63) is 29.3 Å². The first-order valence-electron chi connectivity index (χ1n) is 6.08. The molecule has 106 valence electrons. The number of nitrogens with zero attached hydrogens (tertiary/aromatic N) is 1. The van der Waals surface area contributed by atoms with E-state index < -0.39 is 23.1 Å². The highest BCUT2D eigenvalue weighted by Crippen LogP contribution is 2.20. The summed E-state index contributed by atoms with van der Waals surface area (Å²) in [6.45, 7) is 0.461. The van der Waals surface area contributed by atoms with Crippen LogP contribution in [-0.2, 0) is 0 Å². The number of halogens is 2. The fourth-order valence-corrected chi connectivity index (χ4v) is 1.69. The lowest BCUT2D eigenvalue weighted by molar-refractivity contribution is 0.0782. The van der Waals surface area contributed by atoms with Gasteiger partial charge in [0.25, 0.3) is 5.91 Å². The number of nitrogens with two attached hydrogens (primary N) is 1. The highest BCUT2D eigenvalue weighted by atomic mass is 19.1. The van der Waals surface area contributed by atoms with Crippen molar-refractivity contribution in [1.82, 2.24) is 4.90 Å². The highest BCUT2D eigenvalue weighted by molar-refractivity contribution is 5.95. The van der Waals surface area contributed by atoms with Crippen molar-refractivity contribution in [3.8, 4) is 0 Å². The van der Waals surface area contributed by atoms with E-state index in [9.17, 15) is 13.6 Å². The Hall–Kier alpha value is -1.69. The van der Waals surface area contributed by atoms with Crippen LogP contribution < -0.4 is 5.73 Å². The van der Waals surface area contributed by atoms with Gasteiger partial charge in [0.05, 0.1) is 5.69 Å². The van der Waals surface area contributed by atoms with Gasteiger partial charge in [0.2, 0.25) is 0 Å². The lowest BCUT2D eigenvalue weighted by atomic mass is 10.1. The third-order valence-corrected chi connectivity index (χ3v) is 2.83. The fraction of sp³-hybridized carbons (Fsp3) is 0.462. The van der Waals surface area contributed by atoms with Gasteiger partial charge >= 0.3 is 0 Å². The molecule has 1 aromatic carbocycles. The Bertz CT molecular complexity index is 453. The normalized spacial score (nSPS) is 10.5. The molecule has 0 fully saturated rings. The first-order chi connectivity index (χ1) is 8.99. The molecule has 0 unspecified atom stereocenters. The molecule has 0 aliphatic carbocycles. The van der Waals surface area contributed by atoms with Crippen molar-refractivity contribution in [2.75, 3.05) is 25.9 Å². The number of amides is 1. The van der Waals surface area contributed by atoms with Crippen LogP contribution in [0.15, 0.2) is 12.1 Å². The lowest BCUT2D eigenvalue weighted by Gasteiger charge is -2.18. The van der Waals surface area contributed by atoms with Crippen LogP contribution in [0.2, 0.25) is 0 Å². The number of anilines is 1. The third-order valence-electron chi connectivity index (χ3n) is 2.83. The zero-order valence-electron chi connectivity index (χ0n) is 10.8. The second-order valence-electron chi connectivity index (χ2n) is 4.34. The van der Waals surface area contributed by atoms with Crippen LogP contribution in [-0.4, -0.2) is 36.1 Å². The van der Waals surface area contributed by atoms with Gasteiger partial charge in [0, 0.05) is 20.2 Å². The van der Waals surface area contributed by atoms with E-state index in [2.05, 4.69) is 0 Å². The Balaban J connectivity index is 2.74. The maximum absolute atomic E-state index is 13.7. The van der Waals surface area contributed by atoms with Crippen molar-refractivity contribution < 1.29 is 18.7 Å². The summed E-state index contributed by atoms with van der Waals surface area (Å²) in [5.74, 6) is -2.67. The van der Waals surface area contributed by atoms with Crippen molar-refractivity contribution in [2.24, 2.45) is 0 Å². The van der Waals surface area contributed by atoms with Crippen LogP contribution in [0.1, 0.15) is 29.6 Å². The average molecular weight is 272 g/mol. The Labute approximate surface area is 110 Å². The summed E-state index contributed by atoms with van der Waals surface area (Å²) in [5.41, 5.74) is 4.45. The molecule has 0 saturated carbocycles. The monoisotopic (exact) mass is 272 g/mol. The number of aliphatic hydroxyl groups is 1. The predicted octanol–water partition coefficient (Wildman–Crippen LogP) is 1.78. The van der Waals surface area contributed by atoms with Crippen molar-refractivity contribution >= 4 is 11.6 Å². The van der Waals surface area contributed by atoms with E-state index in [-0.39, 0.29) is 12.3 Å². The van der Waals surface area contributed by atoms with Crippen LogP contribution in [0.5, 0.6) is 0 Å². The molecule has 0 aliphatic heterocycles. The van der Waals surface area contributed by atoms with E-state index in [1.54, 1.807) is 0 Å². The van der Waals surface area contributed by atoms with E-state index in [0.29, 0.717) is 19.4 Å². The quantitative estimate of drug-likeness (QED) is 0.613. The van der Waals surface area contributed by atoms with Crippen LogP contribution in [0.3, 0.4) is 0 Å². The lowest BCUT2D eigenvalue weighted by Crippen LogP contribution is -2.29. The van der Waals surface area contributed by atoms with Crippen molar-refractivity contribution in [1.29, 1.82) is 0 Å². The molecule has 0 bridgehead atoms. The van der Waals surface area contributed by atoms with E-state index in [4.69, 9.17) is 10.8 Å². The summed E-state index contributed by atoms with van der Waals surface area (Å²) in [6, 6.07) is 2.06. The SMILES string of the molecule is CN(CCCCCO)C(=O)c1c(F)ccc(N)c1F. The minimum absolute atomic E-state index is 0.0934. The second kappa shape index (κ2) is 7.04. The zero-order valence-corrected chi connectivity index (χ0v) is 10.8. The molecule has 6 heteroatoms.